The van der Waals surface area contributed by atoms with E-state index in [1.807, 2.05) is 19.9 Å². The number of nitrogens with zero attached hydrogens (tertiary/aromatic N) is 4. The first-order chi connectivity index (χ1) is 13.4. The molecule has 1 amide bonds. The number of amides is 1. The van der Waals surface area contributed by atoms with Gasteiger partial charge in [-0.2, -0.15) is 5.10 Å². The van der Waals surface area contributed by atoms with Gasteiger partial charge in [0.05, 0.1) is 25.0 Å². The van der Waals surface area contributed by atoms with Crippen molar-refractivity contribution in [3.63, 3.8) is 0 Å². The number of hydrogen-bond acceptors (Lipinski definition) is 5. The summed E-state index contributed by atoms with van der Waals surface area (Å²) in [7, 11) is 0. The summed E-state index contributed by atoms with van der Waals surface area (Å²) in [5.41, 5.74) is 0.517. The summed E-state index contributed by atoms with van der Waals surface area (Å²) in [5.74, 6) is -0.194. The highest BCUT2D eigenvalue weighted by atomic mass is 19.3. The van der Waals surface area contributed by atoms with E-state index in [1.54, 1.807) is 12.3 Å². The van der Waals surface area contributed by atoms with E-state index in [-0.39, 0.29) is 17.2 Å². The van der Waals surface area contributed by atoms with E-state index in [4.69, 9.17) is 4.74 Å². The minimum absolute atomic E-state index is 0.130. The van der Waals surface area contributed by atoms with Gasteiger partial charge in [-0.1, -0.05) is 19.9 Å². The molecule has 0 spiro atoms. The predicted octanol–water partition coefficient (Wildman–Crippen LogP) is 2.96. The number of ether oxygens (including phenoxy) is 1. The van der Waals surface area contributed by atoms with Crippen molar-refractivity contribution in [1.29, 1.82) is 0 Å². The molecule has 9 heteroatoms. The third kappa shape index (κ3) is 5.11. The standard InChI is InChI=1S/C19H25F2N5O2/c1-13(2)11-26-17(18(20)21)15(10-23-26)19(27)24-16-4-3-14(9-22-16)12-25-5-7-28-8-6-25/h3-4,9-10,13,18H,5-8,11-12H2,1-2H3,(H,22,24,27). The van der Waals surface area contributed by atoms with Crippen molar-refractivity contribution in [2.75, 3.05) is 31.6 Å². The number of carbonyl (C=O) groups excluding carboxylic acids is 1. The van der Waals surface area contributed by atoms with Crippen molar-refractivity contribution >= 4 is 11.7 Å². The quantitative estimate of drug-likeness (QED) is 0.783. The Balaban J connectivity index is 1.66. The van der Waals surface area contributed by atoms with Gasteiger partial charge in [-0.3, -0.25) is 14.4 Å². The van der Waals surface area contributed by atoms with Gasteiger partial charge in [0.25, 0.3) is 12.3 Å². The number of aromatic nitrogens is 3. The van der Waals surface area contributed by atoms with Crippen LogP contribution in [-0.2, 0) is 17.8 Å². The number of alkyl halides is 2. The molecular weight excluding hydrogens is 368 g/mol. The fourth-order valence-electron chi connectivity index (χ4n) is 3.08. The number of hydrogen-bond donors (Lipinski definition) is 1. The van der Waals surface area contributed by atoms with Crippen molar-refractivity contribution in [3.8, 4) is 0 Å². The first-order valence-electron chi connectivity index (χ1n) is 9.34. The van der Waals surface area contributed by atoms with E-state index in [2.05, 4.69) is 20.3 Å². The van der Waals surface area contributed by atoms with E-state index in [0.29, 0.717) is 12.4 Å². The summed E-state index contributed by atoms with van der Waals surface area (Å²) >= 11 is 0. The van der Waals surface area contributed by atoms with Crippen LogP contribution in [0.2, 0.25) is 0 Å². The van der Waals surface area contributed by atoms with E-state index in [9.17, 15) is 13.6 Å². The fourth-order valence-corrected chi connectivity index (χ4v) is 3.08. The Morgan fingerprint density at radius 2 is 2.00 bits per heavy atom. The zero-order chi connectivity index (χ0) is 20.1. The molecule has 2 aromatic heterocycles. The number of pyridine rings is 1. The molecule has 152 valence electrons. The summed E-state index contributed by atoms with van der Waals surface area (Å²) in [6.45, 7) is 8.06. The molecule has 2 aromatic rings. The molecule has 1 aliphatic rings. The van der Waals surface area contributed by atoms with Crippen LogP contribution in [0.5, 0.6) is 0 Å². The van der Waals surface area contributed by atoms with Crippen LogP contribution in [0.1, 0.15) is 41.9 Å². The highest BCUT2D eigenvalue weighted by Gasteiger charge is 2.25. The molecule has 0 unspecified atom stereocenters. The molecule has 1 N–H and O–H groups in total. The second-order valence-electron chi connectivity index (χ2n) is 7.21. The maximum absolute atomic E-state index is 13.5. The van der Waals surface area contributed by atoms with Crippen LogP contribution in [0.25, 0.3) is 0 Å². The van der Waals surface area contributed by atoms with Gasteiger partial charge in [-0.15, -0.1) is 0 Å². The lowest BCUT2D eigenvalue weighted by Crippen LogP contribution is -2.35. The van der Waals surface area contributed by atoms with Crippen LogP contribution >= 0.6 is 0 Å². The Morgan fingerprint density at radius 3 is 2.61 bits per heavy atom. The number of halogens is 2. The molecule has 0 radical (unpaired) electrons. The average molecular weight is 393 g/mol. The minimum Gasteiger partial charge on any atom is -0.379 e. The van der Waals surface area contributed by atoms with Gasteiger partial charge in [-0.05, 0) is 17.5 Å². The molecule has 28 heavy (non-hydrogen) atoms. The summed E-state index contributed by atoms with van der Waals surface area (Å²) in [6.07, 6.45) is 0.0821. The molecular formula is C19H25F2N5O2. The first kappa shape index (κ1) is 20.3. The molecule has 0 aliphatic carbocycles. The maximum atomic E-state index is 13.5. The van der Waals surface area contributed by atoms with Crippen molar-refractivity contribution in [1.82, 2.24) is 19.7 Å². The molecule has 1 aliphatic heterocycles. The predicted molar refractivity (Wildman–Crippen MR) is 100 cm³/mol. The Bertz CT molecular complexity index is 786. The molecule has 0 aromatic carbocycles. The SMILES string of the molecule is CC(C)Cn1ncc(C(=O)Nc2ccc(CN3CCOCC3)cn2)c1C(F)F. The van der Waals surface area contributed by atoms with E-state index in [1.165, 1.54) is 10.9 Å². The highest BCUT2D eigenvalue weighted by molar-refractivity contribution is 6.04. The normalized spacial score (nSPS) is 15.4. The summed E-state index contributed by atoms with van der Waals surface area (Å²) in [4.78, 5) is 19.0. The third-order valence-electron chi connectivity index (χ3n) is 4.45. The zero-order valence-corrected chi connectivity index (χ0v) is 16.1. The van der Waals surface area contributed by atoms with E-state index < -0.39 is 12.3 Å². The first-order valence-corrected chi connectivity index (χ1v) is 9.34. The minimum atomic E-state index is -2.79. The van der Waals surface area contributed by atoms with Crippen LogP contribution < -0.4 is 5.32 Å². The van der Waals surface area contributed by atoms with E-state index >= 15 is 0 Å². The van der Waals surface area contributed by atoms with Crippen molar-refractivity contribution in [2.24, 2.45) is 5.92 Å². The molecule has 0 atom stereocenters. The van der Waals surface area contributed by atoms with Gasteiger partial charge in [0.1, 0.15) is 11.5 Å². The largest absolute Gasteiger partial charge is 0.379 e. The van der Waals surface area contributed by atoms with Gasteiger partial charge < -0.3 is 10.1 Å². The number of rotatable bonds is 7. The van der Waals surface area contributed by atoms with Gasteiger partial charge in [0.15, 0.2) is 0 Å². The third-order valence-corrected chi connectivity index (χ3v) is 4.45. The molecule has 3 rings (SSSR count). The van der Waals surface area contributed by atoms with Gasteiger partial charge >= 0.3 is 0 Å². The summed E-state index contributed by atoms with van der Waals surface area (Å²) in [5, 5.41) is 6.54. The van der Waals surface area contributed by atoms with Crippen molar-refractivity contribution in [2.45, 2.75) is 33.4 Å². The lowest BCUT2D eigenvalue weighted by molar-refractivity contribution is 0.0341. The Hall–Kier alpha value is -2.39. The Kier molecular flexibility index (Phi) is 6.69. The van der Waals surface area contributed by atoms with Crippen LogP contribution in [-0.4, -0.2) is 51.9 Å². The topological polar surface area (TPSA) is 72.3 Å². The molecule has 3 heterocycles. The lowest BCUT2D eigenvalue weighted by atomic mass is 10.2. The second kappa shape index (κ2) is 9.20. The van der Waals surface area contributed by atoms with Crippen LogP contribution in [0.15, 0.2) is 24.5 Å². The number of nitrogens with one attached hydrogen (secondary N) is 1. The summed E-state index contributed by atoms with van der Waals surface area (Å²) in [6, 6.07) is 3.54. The van der Waals surface area contributed by atoms with Gasteiger partial charge in [-0.25, -0.2) is 13.8 Å². The molecule has 1 fully saturated rings. The number of morpholine rings is 1. The molecule has 0 saturated carbocycles. The Labute approximate surface area is 162 Å². The zero-order valence-electron chi connectivity index (χ0n) is 16.1. The summed E-state index contributed by atoms with van der Waals surface area (Å²) < 4.78 is 33.5. The van der Waals surface area contributed by atoms with E-state index in [0.717, 1.165) is 38.4 Å². The van der Waals surface area contributed by atoms with Gasteiger partial charge in [0.2, 0.25) is 0 Å². The Morgan fingerprint density at radius 1 is 1.25 bits per heavy atom. The number of anilines is 1. The second-order valence-corrected chi connectivity index (χ2v) is 7.21. The maximum Gasteiger partial charge on any atom is 0.280 e. The molecule has 7 nitrogen and oxygen atoms in total. The average Bonchev–Trinajstić information content (AvgIpc) is 3.07. The number of carbonyl (C=O) groups is 1. The van der Waals surface area contributed by atoms with Crippen molar-refractivity contribution < 1.29 is 18.3 Å². The van der Waals surface area contributed by atoms with Crippen LogP contribution in [0.4, 0.5) is 14.6 Å². The fraction of sp³-hybridized carbons (Fsp3) is 0.526. The molecule has 0 bridgehead atoms. The smallest absolute Gasteiger partial charge is 0.280 e. The molecule has 1 saturated heterocycles. The highest BCUT2D eigenvalue weighted by Crippen LogP contribution is 2.24. The monoisotopic (exact) mass is 393 g/mol. The van der Waals surface area contributed by atoms with Crippen LogP contribution in [0.3, 0.4) is 0 Å². The van der Waals surface area contributed by atoms with Gasteiger partial charge in [0, 0.05) is 32.4 Å². The van der Waals surface area contributed by atoms with Crippen LogP contribution in [0, 0.1) is 5.92 Å². The van der Waals surface area contributed by atoms with Crippen molar-refractivity contribution in [3.05, 3.63) is 41.3 Å². The lowest BCUT2D eigenvalue weighted by Gasteiger charge is -2.26.